The van der Waals surface area contributed by atoms with Gasteiger partial charge in [-0.3, -0.25) is 5.10 Å². The molecule has 1 unspecified atom stereocenters. The highest BCUT2D eigenvalue weighted by atomic mass is 19.1. The average molecular weight is 362 g/mol. The number of imidazole rings is 1. The van der Waals surface area contributed by atoms with E-state index in [1.54, 1.807) is 18.5 Å². The van der Waals surface area contributed by atoms with Gasteiger partial charge in [-0.2, -0.15) is 5.10 Å². The molecule has 1 atom stereocenters. The Labute approximate surface area is 155 Å². The summed E-state index contributed by atoms with van der Waals surface area (Å²) >= 11 is 0. The minimum atomic E-state index is -0.240. The molecule has 1 saturated carbocycles. The zero-order valence-corrected chi connectivity index (χ0v) is 14.9. The third kappa shape index (κ3) is 3.05. The van der Waals surface area contributed by atoms with E-state index in [1.807, 2.05) is 29.7 Å². The summed E-state index contributed by atoms with van der Waals surface area (Å²) < 4.78 is 15.2. The molecule has 1 aliphatic rings. The maximum atomic E-state index is 13.2. The monoisotopic (exact) mass is 362 g/mol. The van der Waals surface area contributed by atoms with Crippen LogP contribution >= 0.6 is 0 Å². The smallest absolute Gasteiger partial charge is 0.162 e. The van der Waals surface area contributed by atoms with Crippen molar-refractivity contribution in [2.75, 3.05) is 5.32 Å². The molecule has 4 aromatic rings. The fraction of sp³-hybridized carbons (Fsp3) is 0.250. The van der Waals surface area contributed by atoms with E-state index in [4.69, 9.17) is 4.98 Å². The third-order valence-electron chi connectivity index (χ3n) is 5.06. The highest BCUT2D eigenvalue weighted by Crippen LogP contribution is 2.39. The van der Waals surface area contributed by atoms with Crippen LogP contribution in [0.15, 0.2) is 48.8 Å². The van der Waals surface area contributed by atoms with E-state index >= 15 is 0 Å². The molecule has 136 valence electrons. The molecular formula is C20H19FN6. The maximum Gasteiger partial charge on any atom is 0.162 e. The second-order valence-corrected chi connectivity index (χ2v) is 7.03. The number of aromatic nitrogens is 5. The molecule has 2 N–H and O–H groups in total. The molecule has 0 spiro atoms. The Kier molecular flexibility index (Phi) is 3.67. The van der Waals surface area contributed by atoms with Crippen LogP contribution in [-0.2, 0) is 0 Å². The van der Waals surface area contributed by atoms with Crippen LogP contribution in [0.3, 0.4) is 0 Å². The maximum absolute atomic E-state index is 13.2. The number of H-pyrrole nitrogens is 1. The molecular weight excluding hydrogens is 343 g/mol. The molecule has 0 saturated heterocycles. The van der Waals surface area contributed by atoms with Crippen LogP contribution in [0.4, 0.5) is 16.0 Å². The predicted molar refractivity (Wildman–Crippen MR) is 102 cm³/mol. The zero-order chi connectivity index (χ0) is 18.4. The van der Waals surface area contributed by atoms with Gasteiger partial charge in [0, 0.05) is 17.7 Å². The summed E-state index contributed by atoms with van der Waals surface area (Å²) in [5.74, 6) is 1.86. The van der Waals surface area contributed by atoms with E-state index in [9.17, 15) is 4.39 Å². The lowest BCUT2D eigenvalue weighted by Gasteiger charge is -2.14. The number of aromatic amines is 1. The number of rotatable bonds is 5. The number of nitrogens with zero attached hydrogens (tertiary/aromatic N) is 4. The number of halogens is 1. The first-order chi connectivity index (χ1) is 13.2. The number of anilines is 2. The second kappa shape index (κ2) is 6.19. The van der Waals surface area contributed by atoms with Crippen LogP contribution in [0.1, 0.15) is 43.0 Å². The molecule has 7 heteroatoms. The lowest BCUT2D eigenvalue weighted by atomic mass is 10.1. The largest absolute Gasteiger partial charge is 0.323 e. The number of hydrogen-bond donors (Lipinski definition) is 2. The molecule has 0 bridgehead atoms. The fourth-order valence-electron chi connectivity index (χ4n) is 3.30. The van der Waals surface area contributed by atoms with Crippen molar-refractivity contribution in [3.63, 3.8) is 0 Å². The Bertz CT molecular complexity index is 1090. The summed E-state index contributed by atoms with van der Waals surface area (Å²) in [6.07, 6.45) is 4.23. The van der Waals surface area contributed by atoms with Crippen LogP contribution < -0.4 is 5.32 Å². The van der Waals surface area contributed by atoms with Crippen molar-refractivity contribution >= 4 is 22.8 Å². The first-order valence-corrected chi connectivity index (χ1v) is 9.09. The summed E-state index contributed by atoms with van der Waals surface area (Å²) in [6, 6.07) is 12.4. The zero-order valence-electron chi connectivity index (χ0n) is 14.9. The molecule has 3 aromatic heterocycles. The Morgan fingerprint density at radius 1 is 1.15 bits per heavy atom. The van der Waals surface area contributed by atoms with Crippen LogP contribution in [0, 0.1) is 5.82 Å². The standard InChI is InChI=1S/C20H19FN6/c1-12(13-4-6-15(21)7-5-13)27-11-22-16-8-9-18(24-20(16)27)23-19-10-17(25-26-19)14-2-3-14/h4-12,14H,2-3H2,1H3,(H2,23,24,25,26). The Morgan fingerprint density at radius 2 is 1.96 bits per heavy atom. The van der Waals surface area contributed by atoms with Gasteiger partial charge in [0.25, 0.3) is 0 Å². The number of pyridine rings is 1. The van der Waals surface area contributed by atoms with Gasteiger partial charge in [-0.05, 0) is 49.6 Å². The topological polar surface area (TPSA) is 71.4 Å². The molecule has 1 fully saturated rings. The lowest BCUT2D eigenvalue weighted by Crippen LogP contribution is -2.07. The van der Waals surface area contributed by atoms with E-state index in [2.05, 4.69) is 20.5 Å². The highest BCUT2D eigenvalue weighted by Gasteiger charge is 2.25. The van der Waals surface area contributed by atoms with Gasteiger partial charge < -0.3 is 9.88 Å². The molecule has 0 amide bonds. The second-order valence-electron chi connectivity index (χ2n) is 7.03. The van der Waals surface area contributed by atoms with Crippen molar-refractivity contribution in [3.05, 3.63) is 65.9 Å². The summed E-state index contributed by atoms with van der Waals surface area (Å²) in [6.45, 7) is 2.05. The Balaban J connectivity index is 1.45. The van der Waals surface area contributed by atoms with Crippen LogP contribution in [-0.4, -0.2) is 24.7 Å². The van der Waals surface area contributed by atoms with Gasteiger partial charge in [-0.25, -0.2) is 14.4 Å². The average Bonchev–Trinajstić information content (AvgIpc) is 3.28. The van der Waals surface area contributed by atoms with Gasteiger partial charge in [0.05, 0.1) is 12.4 Å². The summed E-state index contributed by atoms with van der Waals surface area (Å²) in [5, 5.41) is 10.7. The van der Waals surface area contributed by atoms with Gasteiger partial charge >= 0.3 is 0 Å². The first-order valence-electron chi connectivity index (χ1n) is 9.09. The minimum absolute atomic E-state index is 0.00907. The van der Waals surface area contributed by atoms with Crippen molar-refractivity contribution in [1.29, 1.82) is 0 Å². The van der Waals surface area contributed by atoms with Crippen molar-refractivity contribution < 1.29 is 4.39 Å². The summed E-state index contributed by atoms with van der Waals surface area (Å²) in [4.78, 5) is 9.17. The van der Waals surface area contributed by atoms with Gasteiger partial charge in [-0.1, -0.05) is 12.1 Å². The number of fused-ring (bicyclic) bond motifs is 1. The van der Waals surface area contributed by atoms with Crippen molar-refractivity contribution in [1.82, 2.24) is 24.7 Å². The lowest BCUT2D eigenvalue weighted by molar-refractivity contribution is 0.619. The Morgan fingerprint density at radius 3 is 2.74 bits per heavy atom. The van der Waals surface area contributed by atoms with Crippen molar-refractivity contribution in [2.45, 2.75) is 31.7 Å². The SMILES string of the molecule is CC(c1ccc(F)cc1)n1cnc2ccc(Nc3cc(C4CC4)[nH]n3)nc21. The summed E-state index contributed by atoms with van der Waals surface area (Å²) in [7, 11) is 0. The van der Waals surface area contributed by atoms with Crippen LogP contribution in [0.2, 0.25) is 0 Å². The van der Waals surface area contributed by atoms with Crippen molar-refractivity contribution in [3.8, 4) is 0 Å². The van der Waals surface area contributed by atoms with Gasteiger partial charge in [0.15, 0.2) is 11.5 Å². The molecule has 1 aromatic carbocycles. The summed E-state index contributed by atoms with van der Waals surface area (Å²) in [5.41, 5.74) is 3.76. The van der Waals surface area contributed by atoms with E-state index in [1.165, 1.54) is 30.7 Å². The molecule has 3 heterocycles. The number of hydrogen-bond acceptors (Lipinski definition) is 4. The van der Waals surface area contributed by atoms with Crippen LogP contribution in [0.5, 0.6) is 0 Å². The normalized spacial score (nSPS) is 15.2. The number of nitrogens with one attached hydrogen (secondary N) is 2. The number of benzene rings is 1. The Hall–Kier alpha value is -3.22. The molecule has 0 aliphatic heterocycles. The third-order valence-corrected chi connectivity index (χ3v) is 5.06. The fourth-order valence-corrected chi connectivity index (χ4v) is 3.30. The van der Waals surface area contributed by atoms with Gasteiger partial charge in [0.2, 0.25) is 0 Å². The minimum Gasteiger partial charge on any atom is -0.323 e. The predicted octanol–water partition coefficient (Wildman–Crippen LogP) is 4.52. The van der Waals surface area contributed by atoms with E-state index in [-0.39, 0.29) is 11.9 Å². The molecule has 1 aliphatic carbocycles. The van der Waals surface area contributed by atoms with E-state index < -0.39 is 0 Å². The van der Waals surface area contributed by atoms with E-state index in [0.29, 0.717) is 11.7 Å². The molecule has 0 radical (unpaired) electrons. The van der Waals surface area contributed by atoms with Crippen LogP contribution in [0.25, 0.3) is 11.2 Å². The van der Waals surface area contributed by atoms with Gasteiger partial charge in [0.1, 0.15) is 17.2 Å². The van der Waals surface area contributed by atoms with Crippen molar-refractivity contribution in [2.24, 2.45) is 0 Å². The molecule has 27 heavy (non-hydrogen) atoms. The van der Waals surface area contributed by atoms with Gasteiger partial charge in [-0.15, -0.1) is 0 Å². The highest BCUT2D eigenvalue weighted by molar-refractivity contribution is 5.74. The quantitative estimate of drug-likeness (QED) is 0.547. The van der Waals surface area contributed by atoms with E-state index in [0.717, 1.165) is 22.5 Å². The first kappa shape index (κ1) is 16.0. The molecule has 6 nitrogen and oxygen atoms in total. The molecule has 5 rings (SSSR count).